The second-order valence-electron chi connectivity index (χ2n) is 5.79. The smallest absolute Gasteiger partial charge is 0.412 e. The van der Waals surface area contributed by atoms with Crippen molar-refractivity contribution >= 4 is 29.4 Å². The summed E-state index contributed by atoms with van der Waals surface area (Å²) in [6, 6.07) is 4.69. The van der Waals surface area contributed by atoms with E-state index >= 15 is 0 Å². The van der Waals surface area contributed by atoms with Gasteiger partial charge in [0.25, 0.3) is 0 Å². The van der Waals surface area contributed by atoms with E-state index < -0.39 is 17.7 Å². The number of halogens is 1. The molecule has 2 rings (SSSR count). The van der Waals surface area contributed by atoms with Crippen LogP contribution in [0.3, 0.4) is 0 Å². The highest BCUT2D eigenvalue weighted by Gasteiger charge is 2.18. The Morgan fingerprint density at radius 1 is 1.35 bits per heavy atom. The molecular formula is C15H16ClN3O4. The minimum Gasteiger partial charge on any atom is -0.478 e. The summed E-state index contributed by atoms with van der Waals surface area (Å²) < 4.78 is 5.15. The second-order valence-corrected chi connectivity index (χ2v) is 6.19. The van der Waals surface area contributed by atoms with Gasteiger partial charge in [-0.15, -0.1) is 0 Å². The zero-order valence-corrected chi connectivity index (χ0v) is 13.6. The topological polar surface area (TPSA) is 104 Å². The molecule has 0 bridgehead atoms. The molecule has 23 heavy (non-hydrogen) atoms. The van der Waals surface area contributed by atoms with E-state index in [2.05, 4.69) is 15.5 Å². The van der Waals surface area contributed by atoms with Crippen molar-refractivity contribution in [1.82, 2.24) is 10.2 Å². The zero-order valence-electron chi connectivity index (χ0n) is 12.8. The molecule has 0 unspecified atom stereocenters. The number of aromatic amines is 1. The highest BCUT2D eigenvalue weighted by atomic mass is 35.5. The standard InChI is InChI=1S/C15H16ClN3O4/c1-15(2,3)23-14(22)18-8-4-5-9(11(16)6-8)12-10(13(20)21)7-17-19-12/h4-7H,1-3H3,(H,17,19)(H,18,22)(H,20,21). The molecule has 0 fully saturated rings. The number of nitrogens with one attached hydrogen (secondary N) is 2. The molecule has 0 aliphatic carbocycles. The average Bonchev–Trinajstić information content (AvgIpc) is 2.85. The average molecular weight is 338 g/mol. The van der Waals surface area contributed by atoms with Crippen LogP contribution < -0.4 is 5.32 Å². The van der Waals surface area contributed by atoms with E-state index in [1.54, 1.807) is 32.9 Å². The van der Waals surface area contributed by atoms with Crippen molar-refractivity contribution in [2.45, 2.75) is 26.4 Å². The summed E-state index contributed by atoms with van der Waals surface area (Å²) in [7, 11) is 0. The number of carbonyl (C=O) groups excluding carboxylic acids is 1. The van der Waals surface area contributed by atoms with Gasteiger partial charge in [-0.1, -0.05) is 11.6 Å². The Morgan fingerprint density at radius 2 is 2.04 bits per heavy atom. The number of anilines is 1. The van der Waals surface area contributed by atoms with Crippen molar-refractivity contribution in [2.75, 3.05) is 5.32 Å². The maximum absolute atomic E-state index is 11.7. The van der Waals surface area contributed by atoms with Crippen molar-refractivity contribution in [1.29, 1.82) is 0 Å². The molecule has 0 aliphatic rings. The Hall–Kier alpha value is -2.54. The van der Waals surface area contributed by atoms with Gasteiger partial charge in [-0.2, -0.15) is 5.10 Å². The molecule has 7 nitrogen and oxygen atoms in total. The van der Waals surface area contributed by atoms with Crippen LogP contribution in [0.4, 0.5) is 10.5 Å². The van der Waals surface area contributed by atoms with Crippen LogP contribution in [0.2, 0.25) is 5.02 Å². The van der Waals surface area contributed by atoms with Gasteiger partial charge in [-0.05, 0) is 39.0 Å². The predicted molar refractivity (Wildman–Crippen MR) is 85.8 cm³/mol. The molecule has 0 saturated heterocycles. The molecule has 3 N–H and O–H groups in total. The maximum atomic E-state index is 11.7. The third-order valence-electron chi connectivity index (χ3n) is 2.75. The van der Waals surface area contributed by atoms with Gasteiger partial charge in [0.05, 0.1) is 16.9 Å². The largest absolute Gasteiger partial charge is 0.478 e. The van der Waals surface area contributed by atoms with Crippen LogP contribution >= 0.6 is 11.6 Å². The van der Waals surface area contributed by atoms with Crippen molar-refractivity contribution in [3.63, 3.8) is 0 Å². The van der Waals surface area contributed by atoms with Crippen molar-refractivity contribution < 1.29 is 19.4 Å². The Bertz CT molecular complexity index is 749. The zero-order chi connectivity index (χ0) is 17.2. The Kier molecular flexibility index (Phi) is 4.60. The SMILES string of the molecule is CC(C)(C)OC(=O)Nc1ccc(-c2[nH]ncc2C(=O)O)c(Cl)c1. The Labute approximate surface area is 137 Å². The van der Waals surface area contributed by atoms with Crippen LogP contribution in [0.1, 0.15) is 31.1 Å². The number of ether oxygens (including phenoxy) is 1. The molecule has 0 aliphatic heterocycles. The lowest BCUT2D eigenvalue weighted by molar-refractivity contribution is 0.0634. The van der Waals surface area contributed by atoms with Gasteiger partial charge in [0.15, 0.2) is 0 Å². The molecular weight excluding hydrogens is 322 g/mol. The fourth-order valence-electron chi connectivity index (χ4n) is 1.87. The van der Waals surface area contributed by atoms with E-state index in [-0.39, 0.29) is 10.6 Å². The normalized spacial score (nSPS) is 11.1. The lowest BCUT2D eigenvalue weighted by atomic mass is 10.1. The van der Waals surface area contributed by atoms with E-state index in [0.29, 0.717) is 16.9 Å². The van der Waals surface area contributed by atoms with Crippen LogP contribution in [0.5, 0.6) is 0 Å². The first-order valence-electron chi connectivity index (χ1n) is 6.74. The minimum absolute atomic E-state index is 0.0137. The highest BCUT2D eigenvalue weighted by molar-refractivity contribution is 6.33. The number of carboxylic acid groups (broad SMARTS) is 1. The number of carboxylic acids is 1. The number of benzene rings is 1. The van der Waals surface area contributed by atoms with Crippen LogP contribution in [-0.4, -0.2) is 33.0 Å². The maximum Gasteiger partial charge on any atom is 0.412 e. The number of nitrogens with zero attached hydrogens (tertiary/aromatic N) is 1. The first kappa shape index (κ1) is 16.8. The number of hydrogen-bond acceptors (Lipinski definition) is 4. The monoisotopic (exact) mass is 337 g/mol. The number of rotatable bonds is 3. The molecule has 1 amide bonds. The minimum atomic E-state index is -1.11. The number of H-pyrrole nitrogens is 1. The summed E-state index contributed by atoms with van der Waals surface area (Å²) in [6.07, 6.45) is 0.606. The van der Waals surface area contributed by atoms with E-state index in [0.717, 1.165) is 0 Å². The number of carbonyl (C=O) groups is 2. The lowest BCUT2D eigenvalue weighted by Gasteiger charge is -2.19. The Balaban J connectivity index is 2.23. The van der Waals surface area contributed by atoms with Gasteiger partial charge >= 0.3 is 12.1 Å². The van der Waals surface area contributed by atoms with Gasteiger partial charge < -0.3 is 9.84 Å². The van der Waals surface area contributed by atoms with E-state index in [9.17, 15) is 9.59 Å². The van der Waals surface area contributed by atoms with Crippen molar-refractivity contribution in [3.05, 3.63) is 35.0 Å². The summed E-state index contributed by atoms with van der Waals surface area (Å²) >= 11 is 6.18. The summed E-state index contributed by atoms with van der Waals surface area (Å²) in [4.78, 5) is 22.9. The van der Waals surface area contributed by atoms with Gasteiger partial charge in [0, 0.05) is 11.3 Å². The molecule has 2 aromatic rings. The molecule has 8 heteroatoms. The predicted octanol–water partition coefficient (Wildman–Crippen LogP) is 3.78. The van der Waals surface area contributed by atoms with Crippen LogP contribution in [0.25, 0.3) is 11.3 Å². The third kappa shape index (κ3) is 4.23. The molecule has 0 radical (unpaired) electrons. The lowest BCUT2D eigenvalue weighted by Crippen LogP contribution is -2.27. The van der Waals surface area contributed by atoms with Gasteiger partial charge in [0.2, 0.25) is 0 Å². The van der Waals surface area contributed by atoms with E-state index in [1.807, 2.05) is 0 Å². The van der Waals surface area contributed by atoms with Crippen molar-refractivity contribution in [2.24, 2.45) is 0 Å². The van der Waals surface area contributed by atoms with Gasteiger partial charge in [-0.3, -0.25) is 10.4 Å². The number of aromatic nitrogens is 2. The Morgan fingerprint density at radius 3 is 2.61 bits per heavy atom. The molecule has 1 aromatic carbocycles. The fraction of sp³-hybridized carbons (Fsp3) is 0.267. The summed E-state index contributed by atoms with van der Waals surface area (Å²) in [5.41, 5.74) is 0.604. The molecule has 0 spiro atoms. The van der Waals surface area contributed by atoms with Crippen LogP contribution in [0.15, 0.2) is 24.4 Å². The third-order valence-corrected chi connectivity index (χ3v) is 3.07. The molecule has 0 atom stereocenters. The fourth-order valence-corrected chi connectivity index (χ4v) is 2.15. The van der Waals surface area contributed by atoms with E-state index in [1.165, 1.54) is 12.3 Å². The summed E-state index contributed by atoms with van der Waals surface area (Å²) in [6.45, 7) is 5.27. The summed E-state index contributed by atoms with van der Waals surface area (Å²) in [5.74, 6) is -1.11. The number of aromatic carboxylic acids is 1. The van der Waals surface area contributed by atoms with E-state index in [4.69, 9.17) is 21.4 Å². The first-order valence-corrected chi connectivity index (χ1v) is 7.12. The van der Waals surface area contributed by atoms with Gasteiger partial charge in [-0.25, -0.2) is 9.59 Å². The van der Waals surface area contributed by atoms with Crippen LogP contribution in [0, 0.1) is 0 Å². The molecule has 1 heterocycles. The number of amides is 1. The first-order chi connectivity index (χ1) is 10.7. The molecule has 0 saturated carbocycles. The van der Waals surface area contributed by atoms with Crippen LogP contribution in [-0.2, 0) is 4.74 Å². The summed E-state index contributed by atoms with van der Waals surface area (Å²) in [5, 5.41) is 18.3. The molecule has 122 valence electrons. The van der Waals surface area contributed by atoms with Gasteiger partial charge in [0.1, 0.15) is 11.2 Å². The highest BCUT2D eigenvalue weighted by Crippen LogP contribution is 2.31. The molecule has 1 aromatic heterocycles. The van der Waals surface area contributed by atoms with Crippen molar-refractivity contribution in [3.8, 4) is 11.3 Å². The number of hydrogen-bond donors (Lipinski definition) is 3. The second kappa shape index (κ2) is 6.29. The quantitative estimate of drug-likeness (QED) is 0.790.